The maximum absolute atomic E-state index is 9.15. The van der Waals surface area contributed by atoms with Gasteiger partial charge in [-0.3, -0.25) is 9.58 Å². The Morgan fingerprint density at radius 3 is 3.00 bits per heavy atom. The third-order valence-electron chi connectivity index (χ3n) is 3.54. The van der Waals surface area contributed by atoms with Crippen LogP contribution in [0.1, 0.15) is 17.8 Å². The summed E-state index contributed by atoms with van der Waals surface area (Å²) in [6.45, 7) is 4.93. The first-order chi connectivity index (χ1) is 9.35. The van der Waals surface area contributed by atoms with Gasteiger partial charge < -0.3 is 9.67 Å². The Bertz CT molecular complexity index is 519. The molecule has 19 heavy (non-hydrogen) atoms. The molecule has 0 saturated carbocycles. The topological polar surface area (TPSA) is 59.1 Å². The Labute approximate surface area is 112 Å². The van der Waals surface area contributed by atoms with Crippen LogP contribution in [0, 0.1) is 0 Å². The lowest BCUT2D eigenvalue weighted by Crippen LogP contribution is -2.27. The number of fused-ring (bicyclic) bond motifs is 1. The van der Waals surface area contributed by atoms with Crippen molar-refractivity contribution in [2.45, 2.75) is 32.7 Å². The van der Waals surface area contributed by atoms with E-state index in [0.717, 1.165) is 44.8 Å². The van der Waals surface area contributed by atoms with Crippen molar-refractivity contribution in [1.82, 2.24) is 24.2 Å². The number of aliphatic hydroxyl groups excluding tert-OH is 1. The number of aliphatic hydroxyl groups is 1. The number of aromatic nitrogens is 4. The summed E-state index contributed by atoms with van der Waals surface area (Å²) in [6, 6.07) is 2.01. The van der Waals surface area contributed by atoms with Crippen molar-refractivity contribution in [3.63, 3.8) is 0 Å². The number of hydrogen-bond donors (Lipinski definition) is 1. The van der Waals surface area contributed by atoms with Crippen LogP contribution in [0.3, 0.4) is 0 Å². The van der Waals surface area contributed by atoms with E-state index in [1.807, 2.05) is 29.5 Å². The van der Waals surface area contributed by atoms with Crippen LogP contribution in [0.2, 0.25) is 0 Å². The van der Waals surface area contributed by atoms with Crippen LogP contribution in [-0.4, -0.2) is 42.4 Å². The SMILES string of the molecule is OCc1cc2n(n1)CCCN(CCn1ccnc1)C2. The van der Waals surface area contributed by atoms with E-state index in [1.165, 1.54) is 5.69 Å². The van der Waals surface area contributed by atoms with E-state index in [1.54, 1.807) is 0 Å². The lowest BCUT2D eigenvalue weighted by atomic mass is 10.3. The van der Waals surface area contributed by atoms with Crippen molar-refractivity contribution in [2.24, 2.45) is 0 Å². The van der Waals surface area contributed by atoms with Gasteiger partial charge in [0.1, 0.15) is 0 Å². The molecule has 0 aromatic carbocycles. The zero-order valence-corrected chi connectivity index (χ0v) is 10.9. The first kappa shape index (κ1) is 12.4. The number of aryl methyl sites for hydroxylation is 1. The molecule has 2 aromatic heterocycles. The summed E-state index contributed by atoms with van der Waals surface area (Å²) in [5.41, 5.74) is 1.97. The van der Waals surface area contributed by atoms with E-state index in [-0.39, 0.29) is 6.61 Å². The van der Waals surface area contributed by atoms with Gasteiger partial charge in [-0.15, -0.1) is 0 Å². The highest BCUT2D eigenvalue weighted by Gasteiger charge is 2.16. The zero-order valence-electron chi connectivity index (χ0n) is 10.9. The van der Waals surface area contributed by atoms with E-state index in [2.05, 4.69) is 19.5 Å². The minimum Gasteiger partial charge on any atom is -0.390 e. The second-order valence-electron chi connectivity index (χ2n) is 4.94. The second kappa shape index (κ2) is 5.54. The highest BCUT2D eigenvalue weighted by Crippen LogP contribution is 2.13. The maximum Gasteiger partial charge on any atom is 0.0946 e. The van der Waals surface area contributed by atoms with Crippen LogP contribution in [-0.2, 0) is 26.2 Å². The van der Waals surface area contributed by atoms with Crippen LogP contribution in [0.15, 0.2) is 24.8 Å². The predicted octanol–water partition coefficient (Wildman–Crippen LogP) is 0.478. The van der Waals surface area contributed by atoms with Gasteiger partial charge in [0.05, 0.1) is 24.3 Å². The highest BCUT2D eigenvalue weighted by molar-refractivity contribution is 5.10. The van der Waals surface area contributed by atoms with E-state index >= 15 is 0 Å². The predicted molar refractivity (Wildman–Crippen MR) is 70.3 cm³/mol. The molecule has 0 atom stereocenters. The molecule has 0 radical (unpaired) electrons. The van der Waals surface area contributed by atoms with E-state index in [0.29, 0.717) is 0 Å². The fourth-order valence-electron chi connectivity index (χ4n) is 2.53. The molecule has 0 amide bonds. The largest absolute Gasteiger partial charge is 0.390 e. The van der Waals surface area contributed by atoms with Gasteiger partial charge in [0, 0.05) is 45.1 Å². The van der Waals surface area contributed by atoms with Crippen molar-refractivity contribution in [1.29, 1.82) is 0 Å². The van der Waals surface area contributed by atoms with Gasteiger partial charge in [-0.1, -0.05) is 0 Å². The standard InChI is InChI=1S/C13H19N5O/c19-10-12-8-13-9-16(3-1-4-18(13)15-12)6-7-17-5-2-14-11-17/h2,5,8,11,19H,1,3-4,6-7,9-10H2. The Hall–Kier alpha value is -1.66. The fourth-order valence-corrected chi connectivity index (χ4v) is 2.53. The molecule has 6 heteroatoms. The molecule has 0 bridgehead atoms. The van der Waals surface area contributed by atoms with E-state index in [4.69, 9.17) is 5.11 Å². The van der Waals surface area contributed by atoms with Crippen LogP contribution in [0.4, 0.5) is 0 Å². The van der Waals surface area contributed by atoms with Crippen LogP contribution in [0.5, 0.6) is 0 Å². The molecule has 0 saturated heterocycles. The van der Waals surface area contributed by atoms with Gasteiger partial charge in [0.25, 0.3) is 0 Å². The van der Waals surface area contributed by atoms with Gasteiger partial charge in [-0.05, 0) is 12.5 Å². The summed E-state index contributed by atoms with van der Waals surface area (Å²) in [5.74, 6) is 0. The first-order valence-electron chi connectivity index (χ1n) is 6.70. The van der Waals surface area contributed by atoms with Crippen molar-refractivity contribution < 1.29 is 5.11 Å². The Morgan fingerprint density at radius 2 is 2.21 bits per heavy atom. The fraction of sp³-hybridized carbons (Fsp3) is 0.538. The first-order valence-corrected chi connectivity index (χ1v) is 6.70. The summed E-state index contributed by atoms with van der Waals surface area (Å²) >= 11 is 0. The van der Waals surface area contributed by atoms with Gasteiger partial charge in [0.15, 0.2) is 0 Å². The number of imidazole rings is 1. The summed E-state index contributed by atoms with van der Waals surface area (Å²) in [4.78, 5) is 6.49. The zero-order chi connectivity index (χ0) is 13.1. The summed E-state index contributed by atoms with van der Waals surface area (Å²) in [7, 11) is 0. The van der Waals surface area contributed by atoms with Crippen molar-refractivity contribution in [3.05, 3.63) is 36.2 Å². The molecule has 1 aliphatic heterocycles. The minimum atomic E-state index is 0.0229. The normalized spacial score (nSPS) is 16.3. The number of nitrogens with zero attached hydrogens (tertiary/aromatic N) is 5. The second-order valence-corrected chi connectivity index (χ2v) is 4.94. The van der Waals surface area contributed by atoms with Gasteiger partial charge >= 0.3 is 0 Å². The van der Waals surface area contributed by atoms with E-state index in [9.17, 15) is 0 Å². The molecular weight excluding hydrogens is 242 g/mol. The Balaban J connectivity index is 1.64. The molecule has 0 unspecified atom stereocenters. The lowest BCUT2D eigenvalue weighted by molar-refractivity contribution is 0.257. The average molecular weight is 261 g/mol. The highest BCUT2D eigenvalue weighted by atomic mass is 16.3. The molecule has 0 aliphatic carbocycles. The Morgan fingerprint density at radius 1 is 1.26 bits per heavy atom. The van der Waals surface area contributed by atoms with Crippen molar-refractivity contribution >= 4 is 0 Å². The number of rotatable bonds is 4. The van der Waals surface area contributed by atoms with Crippen LogP contribution < -0.4 is 0 Å². The summed E-state index contributed by atoms with van der Waals surface area (Å²) in [6.07, 6.45) is 6.76. The molecule has 0 spiro atoms. The van der Waals surface area contributed by atoms with Crippen LogP contribution >= 0.6 is 0 Å². The number of hydrogen-bond acceptors (Lipinski definition) is 4. The van der Waals surface area contributed by atoms with E-state index < -0.39 is 0 Å². The van der Waals surface area contributed by atoms with Crippen LogP contribution in [0.25, 0.3) is 0 Å². The Kier molecular flexibility index (Phi) is 3.61. The molecule has 1 N–H and O–H groups in total. The lowest BCUT2D eigenvalue weighted by Gasteiger charge is -2.19. The molecule has 3 heterocycles. The van der Waals surface area contributed by atoms with Gasteiger partial charge in [-0.2, -0.15) is 5.10 Å². The third-order valence-corrected chi connectivity index (χ3v) is 3.54. The van der Waals surface area contributed by atoms with Gasteiger partial charge in [0.2, 0.25) is 0 Å². The molecule has 6 nitrogen and oxygen atoms in total. The molecule has 1 aliphatic rings. The molecule has 102 valence electrons. The molecular formula is C13H19N5O. The summed E-state index contributed by atoms with van der Waals surface area (Å²) < 4.78 is 4.13. The molecule has 0 fully saturated rings. The monoisotopic (exact) mass is 261 g/mol. The summed E-state index contributed by atoms with van der Waals surface area (Å²) in [5, 5.41) is 13.6. The minimum absolute atomic E-state index is 0.0229. The quantitative estimate of drug-likeness (QED) is 0.869. The smallest absolute Gasteiger partial charge is 0.0946 e. The third kappa shape index (κ3) is 2.85. The maximum atomic E-state index is 9.15. The van der Waals surface area contributed by atoms with Crippen molar-refractivity contribution in [2.75, 3.05) is 13.1 Å². The van der Waals surface area contributed by atoms with Crippen molar-refractivity contribution in [3.8, 4) is 0 Å². The molecule has 2 aromatic rings. The van der Waals surface area contributed by atoms with Gasteiger partial charge in [-0.25, -0.2) is 4.98 Å². The molecule has 3 rings (SSSR count). The average Bonchev–Trinajstić information content (AvgIpc) is 3.03.